The first-order valence-corrected chi connectivity index (χ1v) is 12.2. The molecule has 0 aliphatic heterocycles. The van der Waals surface area contributed by atoms with E-state index in [1.54, 1.807) is 38.5 Å². The van der Waals surface area contributed by atoms with E-state index in [1.165, 1.54) is 0 Å². The molecule has 1 amide bonds. The van der Waals surface area contributed by atoms with Gasteiger partial charge in [-0.2, -0.15) is 0 Å². The minimum atomic E-state index is -0.526. The molecule has 6 rings (SSSR count). The van der Waals surface area contributed by atoms with Gasteiger partial charge in [-0.05, 0) is 79.7 Å². The van der Waals surface area contributed by atoms with Gasteiger partial charge in [0, 0.05) is 44.1 Å². The summed E-state index contributed by atoms with van der Waals surface area (Å²) in [4.78, 5) is 26.6. The summed E-state index contributed by atoms with van der Waals surface area (Å²) in [5.74, 6) is 1.05. The maximum absolute atomic E-state index is 13.4. The molecule has 1 aromatic heterocycles. The molecule has 1 heterocycles. The van der Waals surface area contributed by atoms with E-state index in [-0.39, 0.29) is 24.3 Å². The zero-order valence-electron chi connectivity index (χ0n) is 20.0. The van der Waals surface area contributed by atoms with Gasteiger partial charge in [-0.1, -0.05) is 6.07 Å². The minimum Gasteiger partial charge on any atom is -0.390 e. The van der Waals surface area contributed by atoms with Crippen LogP contribution in [0, 0.1) is 17.8 Å². The lowest BCUT2D eigenvalue weighted by Crippen LogP contribution is -2.61. The van der Waals surface area contributed by atoms with Gasteiger partial charge in [0.1, 0.15) is 0 Å². The highest BCUT2D eigenvalue weighted by atomic mass is 16.5. The highest BCUT2D eigenvalue weighted by molar-refractivity contribution is 6.09. The van der Waals surface area contributed by atoms with Crippen molar-refractivity contribution < 1.29 is 24.2 Å². The van der Waals surface area contributed by atoms with Crippen molar-refractivity contribution in [1.82, 2.24) is 9.88 Å². The van der Waals surface area contributed by atoms with Crippen molar-refractivity contribution in [2.45, 2.75) is 56.9 Å². The van der Waals surface area contributed by atoms with Gasteiger partial charge >= 0.3 is 0 Å². The van der Waals surface area contributed by atoms with E-state index in [2.05, 4.69) is 5.32 Å². The Labute approximate surface area is 200 Å². The van der Waals surface area contributed by atoms with Crippen molar-refractivity contribution in [2.75, 3.05) is 20.8 Å². The van der Waals surface area contributed by atoms with Gasteiger partial charge < -0.3 is 24.5 Å². The zero-order chi connectivity index (χ0) is 23.9. The van der Waals surface area contributed by atoms with Crippen LogP contribution in [0.3, 0.4) is 0 Å². The Bertz CT molecular complexity index is 1060. The number of nitrogens with zero attached hydrogens (tertiary/aromatic N) is 1. The molecule has 4 aliphatic rings. The Kier molecular flexibility index (Phi) is 6.35. The maximum atomic E-state index is 13.4. The summed E-state index contributed by atoms with van der Waals surface area (Å²) in [7, 11) is 3.22. The number of carbonyl (C=O) groups is 2. The standard InChI is InChI=1S/C27H34N2O5/c1-33-9-8-29-7-3-4-23(29)25(30)18-5-6-22(21(12-18)16-34-2)26(31)28-24-19-10-17-11-20(24)15-27(32,13-17)14-19/h3-7,12,17,19-20,24,32H,8-11,13-16H2,1-2H3,(H,28,31). The van der Waals surface area contributed by atoms with Crippen molar-refractivity contribution in [1.29, 1.82) is 0 Å². The van der Waals surface area contributed by atoms with Gasteiger partial charge in [-0.15, -0.1) is 0 Å². The van der Waals surface area contributed by atoms with Gasteiger partial charge in [0.15, 0.2) is 0 Å². The average molecular weight is 467 g/mol. The van der Waals surface area contributed by atoms with Crippen LogP contribution in [0.15, 0.2) is 36.5 Å². The number of amides is 1. The van der Waals surface area contributed by atoms with Crippen LogP contribution < -0.4 is 5.32 Å². The molecule has 7 heteroatoms. The molecule has 34 heavy (non-hydrogen) atoms. The molecule has 0 saturated heterocycles. The fraction of sp³-hybridized carbons (Fsp3) is 0.556. The highest BCUT2D eigenvalue weighted by Gasteiger charge is 2.55. The summed E-state index contributed by atoms with van der Waals surface area (Å²) in [6, 6.07) is 8.99. The lowest BCUT2D eigenvalue weighted by Gasteiger charge is -2.58. The van der Waals surface area contributed by atoms with Gasteiger partial charge in [0.25, 0.3) is 5.91 Å². The first kappa shape index (κ1) is 23.3. The number of aromatic nitrogens is 1. The Morgan fingerprint density at radius 2 is 1.88 bits per heavy atom. The molecule has 4 aliphatic carbocycles. The molecule has 4 bridgehead atoms. The maximum Gasteiger partial charge on any atom is 0.251 e. The molecule has 182 valence electrons. The third kappa shape index (κ3) is 4.32. The van der Waals surface area contributed by atoms with Crippen LogP contribution in [0.1, 0.15) is 64.1 Å². The van der Waals surface area contributed by atoms with E-state index in [0.29, 0.717) is 53.3 Å². The zero-order valence-corrected chi connectivity index (χ0v) is 20.0. The molecule has 0 radical (unpaired) electrons. The Balaban J connectivity index is 1.35. The summed E-state index contributed by atoms with van der Waals surface area (Å²) < 4.78 is 12.4. The molecule has 7 nitrogen and oxygen atoms in total. The molecule has 4 saturated carbocycles. The first-order valence-electron chi connectivity index (χ1n) is 12.2. The topological polar surface area (TPSA) is 89.8 Å². The lowest BCUT2D eigenvalue weighted by molar-refractivity contribution is -0.136. The van der Waals surface area contributed by atoms with Crippen LogP contribution >= 0.6 is 0 Å². The van der Waals surface area contributed by atoms with Crippen molar-refractivity contribution in [3.8, 4) is 0 Å². The third-order valence-electron chi connectivity index (χ3n) is 8.05. The smallest absolute Gasteiger partial charge is 0.251 e. The van der Waals surface area contributed by atoms with Crippen molar-refractivity contribution in [3.63, 3.8) is 0 Å². The third-order valence-corrected chi connectivity index (χ3v) is 8.05. The number of hydrogen-bond donors (Lipinski definition) is 2. The summed E-state index contributed by atoms with van der Waals surface area (Å²) in [6.07, 6.45) is 6.53. The molecular formula is C27H34N2O5. The van der Waals surface area contributed by atoms with Gasteiger partial charge in [-0.25, -0.2) is 0 Å². The van der Waals surface area contributed by atoms with Crippen molar-refractivity contribution >= 4 is 11.7 Å². The molecular weight excluding hydrogens is 432 g/mol. The second-order valence-corrected chi connectivity index (χ2v) is 10.4. The monoisotopic (exact) mass is 466 g/mol. The van der Waals surface area contributed by atoms with Gasteiger partial charge in [-0.3, -0.25) is 9.59 Å². The average Bonchev–Trinajstić information content (AvgIpc) is 3.27. The number of rotatable bonds is 9. The van der Waals surface area contributed by atoms with Crippen LogP contribution in [0.25, 0.3) is 0 Å². The SMILES string of the molecule is COCCn1cccc1C(=O)c1ccc(C(=O)NC2C3CC4CC2CC(O)(C4)C3)c(COC)c1. The number of methoxy groups -OCH3 is 2. The number of ether oxygens (including phenoxy) is 2. The second-order valence-electron chi connectivity index (χ2n) is 10.4. The largest absolute Gasteiger partial charge is 0.390 e. The lowest BCUT2D eigenvalue weighted by atomic mass is 9.52. The Morgan fingerprint density at radius 1 is 1.12 bits per heavy atom. The van der Waals surface area contributed by atoms with Crippen molar-refractivity contribution in [2.24, 2.45) is 17.8 Å². The summed E-state index contributed by atoms with van der Waals surface area (Å²) in [5, 5.41) is 14.1. The summed E-state index contributed by atoms with van der Waals surface area (Å²) >= 11 is 0. The molecule has 1 aromatic carbocycles. The normalized spacial score (nSPS) is 29.4. The van der Waals surface area contributed by atoms with Gasteiger partial charge in [0.05, 0.1) is 24.5 Å². The van der Waals surface area contributed by atoms with Crippen LogP contribution in [0.4, 0.5) is 0 Å². The fourth-order valence-electron chi connectivity index (χ4n) is 6.83. The number of benzene rings is 1. The molecule has 2 aromatic rings. The predicted octanol–water partition coefficient (Wildman–Crippen LogP) is 3.18. The number of ketones is 1. The highest BCUT2D eigenvalue weighted by Crippen LogP contribution is 2.55. The molecule has 2 N–H and O–H groups in total. The Morgan fingerprint density at radius 3 is 2.56 bits per heavy atom. The fourth-order valence-corrected chi connectivity index (χ4v) is 6.83. The molecule has 2 atom stereocenters. The van der Waals surface area contributed by atoms with E-state index < -0.39 is 5.60 Å². The number of aliphatic hydroxyl groups is 1. The number of hydrogen-bond acceptors (Lipinski definition) is 5. The van der Waals surface area contributed by atoms with E-state index in [0.717, 1.165) is 32.1 Å². The van der Waals surface area contributed by atoms with Crippen LogP contribution in [0.2, 0.25) is 0 Å². The van der Waals surface area contributed by atoms with Crippen molar-refractivity contribution in [3.05, 3.63) is 58.9 Å². The van der Waals surface area contributed by atoms with E-state index in [9.17, 15) is 14.7 Å². The second kappa shape index (κ2) is 9.29. The predicted molar refractivity (Wildman–Crippen MR) is 127 cm³/mol. The number of carbonyl (C=O) groups excluding carboxylic acids is 2. The molecule has 0 spiro atoms. The van der Waals surface area contributed by atoms with Crippen LogP contribution in [0.5, 0.6) is 0 Å². The van der Waals surface area contributed by atoms with Crippen LogP contribution in [-0.4, -0.2) is 53.8 Å². The minimum absolute atomic E-state index is 0.0975. The summed E-state index contributed by atoms with van der Waals surface area (Å²) in [6.45, 7) is 1.36. The number of nitrogens with one attached hydrogen (secondary N) is 1. The molecule has 4 fully saturated rings. The first-order chi connectivity index (χ1) is 16.4. The Hall–Kier alpha value is -2.48. The molecule has 2 unspecified atom stereocenters. The van der Waals surface area contributed by atoms with E-state index in [1.807, 2.05) is 16.8 Å². The van der Waals surface area contributed by atoms with E-state index >= 15 is 0 Å². The summed E-state index contributed by atoms with van der Waals surface area (Å²) in [5.41, 5.74) is 1.83. The van der Waals surface area contributed by atoms with Gasteiger partial charge in [0.2, 0.25) is 5.78 Å². The van der Waals surface area contributed by atoms with E-state index in [4.69, 9.17) is 9.47 Å². The van der Waals surface area contributed by atoms with Crippen LogP contribution in [-0.2, 0) is 22.6 Å². The quantitative estimate of drug-likeness (QED) is 0.554.